The van der Waals surface area contributed by atoms with Crippen LogP contribution in [0.3, 0.4) is 0 Å². The highest BCUT2D eigenvalue weighted by molar-refractivity contribution is 7.89. The van der Waals surface area contributed by atoms with E-state index in [4.69, 9.17) is 5.73 Å². The van der Waals surface area contributed by atoms with E-state index in [2.05, 4.69) is 19.9 Å². The number of nitrogens with two attached hydrogens (primary N) is 1. The lowest BCUT2D eigenvalue weighted by Crippen LogP contribution is -2.24. The molecule has 0 aliphatic rings. The summed E-state index contributed by atoms with van der Waals surface area (Å²) in [7, 11) is -3.60. The molecule has 1 heterocycles. The first-order valence-electron chi connectivity index (χ1n) is 5.18. The molecule has 2 aromatic rings. The summed E-state index contributed by atoms with van der Waals surface area (Å²) in [5, 5.41) is 6.20. The van der Waals surface area contributed by atoms with Gasteiger partial charge < -0.3 is 5.73 Å². The van der Waals surface area contributed by atoms with Crippen LogP contribution < -0.4 is 10.5 Å². The molecule has 0 radical (unpaired) electrons. The summed E-state index contributed by atoms with van der Waals surface area (Å²) in [5.41, 5.74) is 6.83. The molecule has 0 unspecified atom stereocenters. The van der Waals surface area contributed by atoms with Gasteiger partial charge in [0.1, 0.15) is 12.2 Å². The molecule has 4 N–H and O–H groups in total. The van der Waals surface area contributed by atoms with Crippen LogP contribution in [0.1, 0.15) is 11.4 Å². The van der Waals surface area contributed by atoms with Crippen LogP contribution in [-0.4, -0.2) is 23.6 Å². The van der Waals surface area contributed by atoms with Gasteiger partial charge in [-0.3, -0.25) is 5.10 Å². The summed E-state index contributed by atoms with van der Waals surface area (Å²) in [4.78, 5) is 3.97. The second-order valence-electron chi connectivity index (χ2n) is 3.84. The number of hydrogen-bond donors (Lipinski definition) is 3. The zero-order chi connectivity index (χ0) is 13.2. The number of nitrogen functional groups attached to an aromatic ring is 1. The van der Waals surface area contributed by atoms with Gasteiger partial charge >= 0.3 is 0 Å². The lowest BCUT2D eigenvalue weighted by Gasteiger charge is -2.07. The summed E-state index contributed by atoms with van der Waals surface area (Å²) in [5.74, 6) is 0.444. The number of benzene rings is 1. The van der Waals surface area contributed by atoms with Crippen LogP contribution >= 0.6 is 0 Å². The molecule has 0 aliphatic carbocycles. The van der Waals surface area contributed by atoms with Crippen molar-refractivity contribution >= 4 is 15.7 Å². The van der Waals surface area contributed by atoms with Gasteiger partial charge in [0.25, 0.3) is 0 Å². The third kappa shape index (κ3) is 2.84. The van der Waals surface area contributed by atoms with Crippen molar-refractivity contribution < 1.29 is 8.42 Å². The van der Waals surface area contributed by atoms with Gasteiger partial charge in [-0.2, -0.15) is 5.10 Å². The lowest BCUT2D eigenvalue weighted by atomic mass is 10.2. The Morgan fingerprint density at radius 3 is 2.78 bits per heavy atom. The van der Waals surface area contributed by atoms with Crippen molar-refractivity contribution in [3.8, 4) is 0 Å². The molecular weight excluding hydrogens is 254 g/mol. The minimum Gasteiger partial charge on any atom is -0.399 e. The molecule has 1 aromatic heterocycles. The summed E-state index contributed by atoms with van der Waals surface area (Å²) < 4.78 is 26.4. The van der Waals surface area contributed by atoms with Crippen molar-refractivity contribution in [2.75, 3.05) is 5.73 Å². The second kappa shape index (κ2) is 4.75. The molecule has 0 atom stereocenters. The molecule has 0 saturated heterocycles. The Hall–Kier alpha value is -1.93. The first-order chi connectivity index (χ1) is 8.47. The molecule has 96 valence electrons. The van der Waals surface area contributed by atoms with Crippen LogP contribution in [0.5, 0.6) is 0 Å². The molecule has 0 saturated carbocycles. The quantitative estimate of drug-likeness (QED) is 0.683. The maximum atomic E-state index is 12.0. The predicted octanol–water partition coefficient (Wildman–Crippen LogP) is 0.174. The second-order valence-corrected chi connectivity index (χ2v) is 5.60. The van der Waals surface area contributed by atoms with Crippen LogP contribution in [0.4, 0.5) is 5.69 Å². The smallest absolute Gasteiger partial charge is 0.241 e. The third-order valence-electron chi connectivity index (χ3n) is 2.28. The molecule has 2 rings (SSSR count). The van der Waals surface area contributed by atoms with Crippen molar-refractivity contribution in [2.45, 2.75) is 18.4 Å². The number of sulfonamides is 1. The van der Waals surface area contributed by atoms with E-state index < -0.39 is 10.0 Å². The Kier molecular flexibility index (Phi) is 3.30. The average molecular weight is 267 g/mol. The topological polar surface area (TPSA) is 114 Å². The Labute approximate surface area is 104 Å². The van der Waals surface area contributed by atoms with Gasteiger partial charge in [-0.05, 0) is 30.7 Å². The minimum absolute atomic E-state index is 0.0518. The number of aryl methyl sites for hydroxylation is 1. The molecular formula is C10H13N5O2S. The number of hydrogen-bond acceptors (Lipinski definition) is 5. The van der Waals surface area contributed by atoms with E-state index in [-0.39, 0.29) is 11.4 Å². The number of aromatic nitrogens is 3. The van der Waals surface area contributed by atoms with Crippen LogP contribution in [0.15, 0.2) is 29.4 Å². The zero-order valence-corrected chi connectivity index (χ0v) is 10.5. The Balaban J connectivity index is 2.20. The van der Waals surface area contributed by atoms with Crippen LogP contribution in [0.25, 0.3) is 0 Å². The van der Waals surface area contributed by atoms with Gasteiger partial charge in [-0.25, -0.2) is 18.1 Å². The third-order valence-corrected chi connectivity index (χ3v) is 3.66. The Morgan fingerprint density at radius 2 is 2.17 bits per heavy atom. The van der Waals surface area contributed by atoms with E-state index >= 15 is 0 Å². The largest absolute Gasteiger partial charge is 0.399 e. The van der Waals surface area contributed by atoms with E-state index in [1.807, 2.05) is 0 Å². The number of aromatic amines is 1. The van der Waals surface area contributed by atoms with Gasteiger partial charge in [0.05, 0.1) is 11.4 Å². The van der Waals surface area contributed by atoms with Gasteiger partial charge in [0.2, 0.25) is 10.0 Å². The molecule has 8 heteroatoms. The van der Waals surface area contributed by atoms with E-state index in [0.29, 0.717) is 11.5 Å². The SMILES string of the molecule is Cc1cc(N)cc(S(=O)(=O)NCc2ncn[nH]2)c1. The maximum Gasteiger partial charge on any atom is 0.241 e. The number of anilines is 1. The molecule has 7 nitrogen and oxygen atoms in total. The van der Waals surface area contributed by atoms with Crippen LogP contribution in [-0.2, 0) is 16.6 Å². The summed E-state index contributed by atoms with van der Waals surface area (Å²) in [6, 6.07) is 4.67. The van der Waals surface area contributed by atoms with Crippen molar-refractivity contribution in [1.29, 1.82) is 0 Å². The molecule has 1 aromatic carbocycles. The van der Waals surface area contributed by atoms with E-state index in [0.717, 1.165) is 5.56 Å². The molecule has 18 heavy (non-hydrogen) atoms. The fourth-order valence-electron chi connectivity index (χ4n) is 1.49. The number of rotatable bonds is 4. The highest BCUT2D eigenvalue weighted by Crippen LogP contribution is 2.16. The van der Waals surface area contributed by atoms with Gasteiger partial charge in [-0.15, -0.1) is 0 Å². The summed E-state index contributed by atoms with van der Waals surface area (Å²) >= 11 is 0. The minimum atomic E-state index is -3.60. The Morgan fingerprint density at radius 1 is 1.39 bits per heavy atom. The molecule has 0 fully saturated rings. The van der Waals surface area contributed by atoms with E-state index in [9.17, 15) is 8.42 Å². The zero-order valence-electron chi connectivity index (χ0n) is 9.71. The first-order valence-corrected chi connectivity index (χ1v) is 6.67. The summed E-state index contributed by atoms with van der Waals surface area (Å²) in [6.45, 7) is 1.84. The van der Waals surface area contributed by atoms with E-state index in [1.165, 1.54) is 12.4 Å². The fraction of sp³-hybridized carbons (Fsp3) is 0.200. The lowest BCUT2D eigenvalue weighted by molar-refractivity contribution is 0.579. The molecule has 0 bridgehead atoms. The number of nitrogens with zero attached hydrogens (tertiary/aromatic N) is 2. The van der Waals surface area contributed by atoms with Gasteiger partial charge in [0, 0.05) is 5.69 Å². The standard InChI is InChI=1S/C10H13N5O2S/c1-7-2-8(11)4-9(3-7)18(16,17)14-5-10-12-6-13-15-10/h2-4,6,14H,5,11H2,1H3,(H,12,13,15). The average Bonchev–Trinajstić information content (AvgIpc) is 2.78. The number of nitrogens with one attached hydrogen (secondary N) is 2. The Bertz CT molecular complexity index is 616. The van der Waals surface area contributed by atoms with Crippen molar-refractivity contribution in [3.05, 3.63) is 35.9 Å². The van der Waals surface area contributed by atoms with Gasteiger partial charge in [-0.1, -0.05) is 0 Å². The van der Waals surface area contributed by atoms with Crippen LogP contribution in [0, 0.1) is 6.92 Å². The monoisotopic (exact) mass is 267 g/mol. The fourth-order valence-corrected chi connectivity index (χ4v) is 2.62. The predicted molar refractivity (Wildman–Crippen MR) is 66.0 cm³/mol. The highest BCUT2D eigenvalue weighted by atomic mass is 32.2. The summed E-state index contributed by atoms with van der Waals surface area (Å²) in [6.07, 6.45) is 1.31. The molecule has 0 spiro atoms. The van der Waals surface area contributed by atoms with Crippen LogP contribution in [0.2, 0.25) is 0 Å². The van der Waals surface area contributed by atoms with Crippen molar-refractivity contribution in [1.82, 2.24) is 19.9 Å². The normalized spacial score (nSPS) is 11.6. The first kappa shape index (κ1) is 12.5. The maximum absolute atomic E-state index is 12.0. The highest BCUT2D eigenvalue weighted by Gasteiger charge is 2.15. The van der Waals surface area contributed by atoms with Crippen molar-refractivity contribution in [3.63, 3.8) is 0 Å². The van der Waals surface area contributed by atoms with Gasteiger partial charge in [0.15, 0.2) is 0 Å². The molecule has 0 aliphatic heterocycles. The molecule has 0 amide bonds. The number of H-pyrrole nitrogens is 1. The van der Waals surface area contributed by atoms with E-state index in [1.54, 1.807) is 19.1 Å². The van der Waals surface area contributed by atoms with Crippen molar-refractivity contribution in [2.24, 2.45) is 0 Å².